The van der Waals surface area contributed by atoms with Gasteiger partial charge in [-0.3, -0.25) is 9.80 Å². The summed E-state index contributed by atoms with van der Waals surface area (Å²) in [5.41, 5.74) is 1.18. The number of nitrogens with zero attached hydrogens (tertiary/aromatic N) is 2. The fraction of sp³-hybridized carbons (Fsp3) is 0.600. The fourth-order valence-electron chi connectivity index (χ4n) is 3.06. The lowest BCUT2D eigenvalue weighted by molar-refractivity contribution is 0.0219. The SMILES string of the molecule is COc1ccc(Cl)cc1CN1CC(N2CCNCC2)C1. The quantitative estimate of drug-likeness (QED) is 0.910. The van der Waals surface area contributed by atoms with Gasteiger partial charge in [-0.1, -0.05) is 11.6 Å². The lowest BCUT2D eigenvalue weighted by Crippen LogP contribution is -2.62. The van der Waals surface area contributed by atoms with E-state index in [0.29, 0.717) is 0 Å². The molecule has 0 spiro atoms. The zero-order valence-electron chi connectivity index (χ0n) is 11.9. The molecule has 0 atom stereocenters. The predicted molar refractivity (Wildman–Crippen MR) is 81.5 cm³/mol. The predicted octanol–water partition coefficient (Wildman–Crippen LogP) is 1.44. The van der Waals surface area contributed by atoms with Crippen LogP contribution in [0.4, 0.5) is 0 Å². The summed E-state index contributed by atoms with van der Waals surface area (Å²) in [6.45, 7) is 7.83. The Morgan fingerprint density at radius 1 is 1.30 bits per heavy atom. The van der Waals surface area contributed by atoms with Crippen molar-refractivity contribution >= 4 is 11.6 Å². The smallest absolute Gasteiger partial charge is 0.123 e. The minimum absolute atomic E-state index is 0.724. The van der Waals surface area contributed by atoms with Gasteiger partial charge in [0.05, 0.1) is 7.11 Å². The molecule has 2 aliphatic heterocycles. The lowest BCUT2D eigenvalue weighted by Gasteiger charge is -2.47. The average molecular weight is 296 g/mol. The van der Waals surface area contributed by atoms with Crippen molar-refractivity contribution < 1.29 is 4.74 Å². The summed E-state index contributed by atoms with van der Waals surface area (Å²) in [4.78, 5) is 5.06. The maximum Gasteiger partial charge on any atom is 0.123 e. The van der Waals surface area contributed by atoms with Crippen LogP contribution in [-0.2, 0) is 6.54 Å². The van der Waals surface area contributed by atoms with Crippen molar-refractivity contribution in [2.45, 2.75) is 12.6 Å². The third-order valence-corrected chi connectivity index (χ3v) is 4.48. The Balaban J connectivity index is 1.54. The van der Waals surface area contributed by atoms with Crippen molar-refractivity contribution in [2.75, 3.05) is 46.4 Å². The molecule has 2 aliphatic rings. The van der Waals surface area contributed by atoms with Gasteiger partial charge in [-0.2, -0.15) is 0 Å². The molecule has 110 valence electrons. The van der Waals surface area contributed by atoms with E-state index in [0.717, 1.165) is 49.5 Å². The molecule has 20 heavy (non-hydrogen) atoms. The zero-order valence-corrected chi connectivity index (χ0v) is 12.7. The first kappa shape index (κ1) is 14.1. The molecular formula is C15H22ClN3O. The summed E-state index contributed by atoms with van der Waals surface area (Å²) in [5.74, 6) is 0.931. The van der Waals surface area contributed by atoms with E-state index in [1.165, 1.54) is 18.7 Å². The van der Waals surface area contributed by atoms with E-state index < -0.39 is 0 Å². The van der Waals surface area contributed by atoms with Crippen LogP contribution in [0.3, 0.4) is 0 Å². The van der Waals surface area contributed by atoms with Gasteiger partial charge in [0.15, 0.2) is 0 Å². The molecule has 1 aromatic rings. The molecular weight excluding hydrogens is 274 g/mol. The second-order valence-electron chi connectivity index (χ2n) is 5.59. The number of ether oxygens (including phenoxy) is 1. The van der Waals surface area contributed by atoms with E-state index in [1.807, 2.05) is 18.2 Å². The Bertz CT molecular complexity index is 456. The van der Waals surface area contributed by atoms with Crippen molar-refractivity contribution in [2.24, 2.45) is 0 Å². The summed E-state index contributed by atoms with van der Waals surface area (Å²) < 4.78 is 5.41. The molecule has 0 aromatic heterocycles. The summed E-state index contributed by atoms with van der Waals surface area (Å²) in [6, 6.07) is 6.56. The van der Waals surface area contributed by atoms with Gasteiger partial charge in [-0.05, 0) is 18.2 Å². The van der Waals surface area contributed by atoms with E-state index >= 15 is 0 Å². The molecule has 1 aromatic carbocycles. The number of hydrogen-bond donors (Lipinski definition) is 1. The van der Waals surface area contributed by atoms with Gasteiger partial charge >= 0.3 is 0 Å². The number of nitrogens with one attached hydrogen (secondary N) is 1. The van der Waals surface area contributed by atoms with Crippen LogP contribution in [0.5, 0.6) is 5.75 Å². The van der Waals surface area contributed by atoms with Gasteiger partial charge in [0, 0.05) is 62.4 Å². The summed E-state index contributed by atoms with van der Waals surface area (Å²) in [6.07, 6.45) is 0. The number of likely N-dealkylation sites (tertiary alicyclic amines) is 1. The second-order valence-corrected chi connectivity index (χ2v) is 6.03. The van der Waals surface area contributed by atoms with Crippen LogP contribution in [0, 0.1) is 0 Å². The Labute approximate surface area is 125 Å². The number of hydrogen-bond acceptors (Lipinski definition) is 4. The number of methoxy groups -OCH3 is 1. The van der Waals surface area contributed by atoms with Crippen LogP contribution in [0.25, 0.3) is 0 Å². The average Bonchev–Trinajstić information content (AvgIpc) is 2.43. The molecule has 0 amide bonds. The topological polar surface area (TPSA) is 27.7 Å². The highest BCUT2D eigenvalue weighted by molar-refractivity contribution is 6.30. The maximum atomic E-state index is 6.08. The number of piperazine rings is 1. The van der Waals surface area contributed by atoms with E-state index in [4.69, 9.17) is 16.3 Å². The van der Waals surface area contributed by atoms with E-state index in [-0.39, 0.29) is 0 Å². The fourth-order valence-corrected chi connectivity index (χ4v) is 3.26. The van der Waals surface area contributed by atoms with E-state index in [9.17, 15) is 0 Å². The van der Waals surface area contributed by atoms with E-state index in [2.05, 4.69) is 15.1 Å². The van der Waals surface area contributed by atoms with Gasteiger partial charge in [-0.25, -0.2) is 0 Å². The number of halogens is 1. The van der Waals surface area contributed by atoms with Crippen molar-refractivity contribution in [3.05, 3.63) is 28.8 Å². The lowest BCUT2D eigenvalue weighted by atomic mass is 10.0. The monoisotopic (exact) mass is 295 g/mol. The highest BCUT2D eigenvalue weighted by Gasteiger charge is 2.32. The van der Waals surface area contributed by atoms with Crippen molar-refractivity contribution in [1.82, 2.24) is 15.1 Å². The van der Waals surface area contributed by atoms with Crippen molar-refractivity contribution in [3.8, 4) is 5.75 Å². The Hall–Kier alpha value is -0.810. The van der Waals surface area contributed by atoms with Crippen LogP contribution >= 0.6 is 11.6 Å². The molecule has 0 unspecified atom stereocenters. The minimum Gasteiger partial charge on any atom is -0.496 e. The molecule has 1 N–H and O–H groups in total. The normalized spacial score (nSPS) is 21.7. The van der Waals surface area contributed by atoms with Crippen molar-refractivity contribution in [1.29, 1.82) is 0 Å². The molecule has 0 radical (unpaired) electrons. The molecule has 5 heteroatoms. The van der Waals surface area contributed by atoms with Crippen LogP contribution in [0.15, 0.2) is 18.2 Å². The molecule has 4 nitrogen and oxygen atoms in total. The summed E-state index contributed by atoms with van der Waals surface area (Å²) >= 11 is 6.08. The number of benzene rings is 1. The van der Waals surface area contributed by atoms with Gasteiger partial charge in [0.25, 0.3) is 0 Å². The van der Waals surface area contributed by atoms with Crippen LogP contribution < -0.4 is 10.1 Å². The summed E-state index contributed by atoms with van der Waals surface area (Å²) in [5, 5.41) is 4.18. The molecule has 3 rings (SSSR count). The third kappa shape index (κ3) is 3.09. The van der Waals surface area contributed by atoms with Gasteiger partial charge in [-0.15, -0.1) is 0 Å². The van der Waals surface area contributed by atoms with Gasteiger partial charge < -0.3 is 10.1 Å². The van der Waals surface area contributed by atoms with Gasteiger partial charge in [0.1, 0.15) is 5.75 Å². The zero-order chi connectivity index (χ0) is 13.9. The highest BCUT2D eigenvalue weighted by Crippen LogP contribution is 2.26. The Morgan fingerprint density at radius 2 is 2.05 bits per heavy atom. The Morgan fingerprint density at radius 3 is 2.75 bits per heavy atom. The summed E-state index contributed by atoms with van der Waals surface area (Å²) in [7, 11) is 1.71. The minimum atomic E-state index is 0.724. The molecule has 0 saturated carbocycles. The third-order valence-electron chi connectivity index (χ3n) is 4.24. The maximum absolute atomic E-state index is 6.08. The first-order valence-corrected chi connectivity index (χ1v) is 7.63. The first-order valence-electron chi connectivity index (χ1n) is 7.26. The second kappa shape index (κ2) is 6.31. The van der Waals surface area contributed by atoms with Crippen LogP contribution in [0.1, 0.15) is 5.56 Å². The van der Waals surface area contributed by atoms with Crippen LogP contribution in [0.2, 0.25) is 5.02 Å². The molecule has 0 aliphatic carbocycles. The van der Waals surface area contributed by atoms with E-state index in [1.54, 1.807) is 7.11 Å². The Kier molecular flexibility index (Phi) is 4.46. The van der Waals surface area contributed by atoms with Crippen LogP contribution in [-0.4, -0.2) is 62.2 Å². The highest BCUT2D eigenvalue weighted by atomic mass is 35.5. The number of rotatable bonds is 4. The van der Waals surface area contributed by atoms with Crippen molar-refractivity contribution in [3.63, 3.8) is 0 Å². The standard InChI is InChI=1S/C15H22ClN3O/c1-20-15-3-2-13(16)8-12(15)9-18-10-14(11-18)19-6-4-17-5-7-19/h2-3,8,14,17H,4-7,9-11H2,1H3. The molecule has 0 bridgehead atoms. The molecule has 2 saturated heterocycles. The van der Waals surface area contributed by atoms with Gasteiger partial charge in [0.2, 0.25) is 0 Å². The molecule has 2 fully saturated rings. The first-order chi connectivity index (χ1) is 9.76. The molecule has 2 heterocycles. The largest absolute Gasteiger partial charge is 0.496 e.